The summed E-state index contributed by atoms with van der Waals surface area (Å²) in [4.78, 5) is 25.4. The van der Waals surface area contributed by atoms with Gasteiger partial charge in [-0.3, -0.25) is 15.0 Å². The van der Waals surface area contributed by atoms with E-state index in [4.69, 9.17) is 10.6 Å². The van der Waals surface area contributed by atoms with Gasteiger partial charge < -0.3 is 9.64 Å². The molecule has 0 spiro atoms. The van der Waals surface area contributed by atoms with E-state index in [1.54, 1.807) is 4.90 Å². The van der Waals surface area contributed by atoms with Gasteiger partial charge in [0.1, 0.15) is 5.75 Å². The monoisotopic (exact) mass is 305 g/mol. The number of nitrogens with zero attached hydrogens (tertiary/aromatic N) is 1. The molecule has 0 aromatic heterocycles. The molecule has 6 nitrogen and oxygen atoms in total. The fourth-order valence-corrected chi connectivity index (χ4v) is 2.76. The number of piperidine rings is 1. The number of ether oxygens (including phenoxy) is 1. The highest BCUT2D eigenvalue weighted by Crippen LogP contribution is 2.19. The molecule has 0 unspecified atom stereocenters. The van der Waals surface area contributed by atoms with Gasteiger partial charge in [0.15, 0.2) is 6.61 Å². The third kappa shape index (κ3) is 4.21. The maximum Gasteiger partial charge on any atom is 0.260 e. The summed E-state index contributed by atoms with van der Waals surface area (Å²) in [5.74, 6) is 5.54. The number of likely N-dealkylation sites (tertiary alicyclic amines) is 1. The number of nitrogens with two attached hydrogens (primary N) is 1. The molecule has 2 amide bonds. The lowest BCUT2D eigenvalue weighted by molar-refractivity contribution is -0.137. The maximum absolute atomic E-state index is 12.2. The second kappa shape index (κ2) is 7.26. The van der Waals surface area contributed by atoms with Crippen LogP contribution in [0.1, 0.15) is 24.0 Å². The summed E-state index contributed by atoms with van der Waals surface area (Å²) in [5.41, 5.74) is 4.38. The molecule has 0 radical (unpaired) electrons. The number of benzene rings is 1. The Labute approximate surface area is 130 Å². The summed E-state index contributed by atoms with van der Waals surface area (Å²) in [7, 11) is 0. The molecule has 22 heavy (non-hydrogen) atoms. The Kier molecular flexibility index (Phi) is 5.38. The van der Waals surface area contributed by atoms with Crippen molar-refractivity contribution >= 4 is 11.8 Å². The summed E-state index contributed by atoms with van der Waals surface area (Å²) in [6.45, 7) is 5.14. The van der Waals surface area contributed by atoms with Crippen molar-refractivity contribution in [2.24, 2.45) is 11.8 Å². The maximum atomic E-state index is 12.2. The van der Waals surface area contributed by atoms with E-state index in [1.807, 2.05) is 26.0 Å². The number of amides is 2. The first-order chi connectivity index (χ1) is 10.5. The molecule has 3 N–H and O–H groups in total. The molecule has 120 valence electrons. The number of aryl methyl sites for hydroxylation is 2. The molecule has 1 aliphatic rings. The molecule has 6 heteroatoms. The van der Waals surface area contributed by atoms with Gasteiger partial charge in [0.05, 0.1) is 0 Å². The summed E-state index contributed by atoms with van der Waals surface area (Å²) in [6.07, 6.45) is 1.27. The van der Waals surface area contributed by atoms with Gasteiger partial charge >= 0.3 is 0 Å². The molecule has 1 aliphatic heterocycles. The molecule has 0 aliphatic carbocycles. The lowest BCUT2D eigenvalue weighted by Gasteiger charge is -2.31. The molecule has 1 fully saturated rings. The first-order valence-corrected chi connectivity index (χ1v) is 7.49. The Balaban J connectivity index is 1.82. The molecule has 2 rings (SSSR count). The predicted octanol–water partition coefficient (Wildman–Crippen LogP) is 0.911. The lowest BCUT2D eigenvalue weighted by atomic mass is 9.96. The van der Waals surface area contributed by atoms with Crippen LogP contribution in [0, 0.1) is 19.8 Å². The van der Waals surface area contributed by atoms with Crippen LogP contribution < -0.4 is 16.0 Å². The van der Waals surface area contributed by atoms with Gasteiger partial charge in [0.25, 0.3) is 5.91 Å². The number of rotatable bonds is 4. The van der Waals surface area contributed by atoms with Crippen molar-refractivity contribution in [3.05, 3.63) is 29.3 Å². The van der Waals surface area contributed by atoms with Gasteiger partial charge in [-0.2, -0.15) is 0 Å². The quantitative estimate of drug-likeness (QED) is 0.492. The third-order valence-electron chi connectivity index (χ3n) is 3.92. The topological polar surface area (TPSA) is 84.7 Å². The molecule has 0 atom stereocenters. The standard InChI is InChI=1S/C16H23N3O3/c1-11-7-12(2)9-14(8-11)22-10-15(20)19-5-3-13(4-6-19)16(21)18-17/h7-9,13H,3-6,10,17H2,1-2H3,(H,18,21). The molecule has 1 saturated heterocycles. The van der Waals surface area contributed by atoms with Crippen molar-refractivity contribution in [1.29, 1.82) is 0 Å². The third-order valence-corrected chi connectivity index (χ3v) is 3.92. The van der Waals surface area contributed by atoms with E-state index >= 15 is 0 Å². The van der Waals surface area contributed by atoms with Crippen LogP contribution in [0.3, 0.4) is 0 Å². The number of hydrogen-bond acceptors (Lipinski definition) is 4. The first kappa shape index (κ1) is 16.3. The lowest BCUT2D eigenvalue weighted by Crippen LogP contribution is -2.45. The molecule has 1 aromatic rings. The van der Waals surface area contributed by atoms with Gasteiger partial charge in [-0.25, -0.2) is 5.84 Å². The fourth-order valence-electron chi connectivity index (χ4n) is 2.76. The zero-order valence-corrected chi connectivity index (χ0v) is 13.1. The Bertz CT molecular complexity index is 531. The summed E-state index contributed by atoms with van der Waals surface area (Å²) in [5, 5.41) is 0. The Morgan fingerprint density at radius 1 is 1.23 bits per heavy atom. The van der Waals surface area contributed by atoms with Crippen LogP contribution in [0.5, 0.6) is 5.75 Å². The number of hydrazine groups is 1. The Morgan fingerprint density at radius 2 is 1.82 bits per heavy atom. The molecular weight excluding hydrogens is 282 g/mol. The zero-order valence-electron chi connectivity index (χ0n) is 13.1. The number of carbonyl (C=O) groups excluding carboxylic acids is 2. The van der Waals surface area contributed by atoms with Crippen LogP contribution in [0.2, 0.25) is 0 Å². The van der Waals surface area contributed by atoms with E-state index in [2.05, 4.69) is 11.5 Å². The van der Waals surface area contributed by atoms with Crippen molar-refractivity contribution in [2.75, 3.05) is 19.7 Å². The second-order valence-corrected chi connectivity index (χ2v) is 5.78. The van der Waals surface area contributed by atoms with Crippen molar-refractivity contribution < 1.29 is 14.3 Å². The highest BCUT2D eigenvalue weighted by molar-refractivity contribution is 5.80. The minimum Gasteiger partial charge on any atom is -0.484 e. The fraction of sp³-hybridized carbons (Fsp3) is 0.500. The molecular formula is C16H23N3O3. The zero-order chi connectivity index (χ0) is 16.1. The average Bonchev–Trinajstić information content (AvgIpc) is 2.51. The Hall–Kier alpha value is -2.08. The highest BCUT2D eigenvalue weighted by atomic mass is 16.5. The molecule has 0 saturated carbocycles. The first-order valence-electron chi connectivity index (χ1n) is 7.49. The van der Waals surface area contributed by atoms with Crippen LogP contribution >= 0.6 is 0 Å². The largest absolute Gasteiger partial charge is 0.484 e. The van der Waals surface area contributed by atoms with E-state index in [-0.39, 0.29) is 24.3 Å². The summed E-state index contributed by atoms with van der Waals surface area (Å²) < 4.78 is 5.59. The van der Waals surface area contributed by atoms with Gasteiger partial charge in [-0.1, -0.05) is 6.07 Å². The van der Waals surface area contributed by atoms with Gasteiger partial charge in [0, 0.05) is 19.0 Å². The smallest absolute Gasteiger partial charge is 0.260 e. The van der Waals surface area contributed by atoms with Crippen LogP contribution in [-0.2, 0) is 9.59 Å². The van der Waals surface area contributed by atoms with Crippen LogP contribution in [-0.4, -0.2) is 36.4 Å². The Morgan fingerprint density at radius 3 is 2.36 bits per heavy atom. The van der Waals surface area contributed by atoms with E-state index < -0.39 is 0 Å². The van der Waals surface area contributed by atoms with Gasteiger partial charge in [-0.15, -0.1) is 0 Å². The summed E-state index contributed by atoms with van der Waals surface area (Å²) >= 11 is 0. The normalized spacial score (nSPS) is 15.5. The second-order valence-electron chi connectivity index (χ2n) is 5.78. The average molecular weight is 305 g/mol. The predicted molar refractivity (Wildman–Crippen MR) is 83.0 cm³/mol. The SMILES string of the molecule is Cc1cc(C)cc(OCC(=O)N2CCC(C(=O)NN)CC2)c1. The van der Waals surface area contributed by atoms with E-state index in [0.717, 1.165) is 11.1 Å². The summed E-state index contributed by atoms with van der Waals surface area (Å²) in [6, 6.07) is 5.89. The van der Waals surface area contributed by atoms with Crippen molar-refractivity contribution in [3.63, 3.8) is 0 Å². The van der Waals surface area contributed by atoms with Crippen LogP contribution in [0.4, 0.5) is 0 Å². The number of carbonyl (C=O) groups is 2. The molecule has 0 bridgehead atoms. The molecule has 1 heterocycles. The highest BCUT2D eigenvalue weighted by Gasteiger charge is 2.26. The minimum atomic E-state index is -0.154. The van der Waals surface area contributed by atoms with Crippen molar-refractivity contribution in [2.45, 2.75) is 26.7 Å². The van der Waals surface area contributed by atoms with Crippen molar-refractivity contribution in [3.8, 4) is 5.75 Å². The van der Waals surface area contributed by atoms with E-state index in [9.17, 15) is 9.59 Å². The number of nitrogens with one attached hydrogen (secondary N) is 1. The van der Waals surface area contributed by atoms with Gasteiger partial charge in [-0.05, 0) is 49.9 Å². The van der Waals surface area contributed by atoms with E-state index in [0.29, 0.717) is 31.7 Å². The van der Waals surface area contributed by atoms with Crippen LogP contribution in [0.25, 0.3) is 0 Å². The van der Waals surface area contributed by atoms with Gasteiger partial charge in [0.2, 0.25) is 5.91 Å². The van der Waals surface area contributed by atoms with Crippen LogP contribution in [0.15, 0.2) is 18.2 Å². The van der Waals surface area contributed by atoms with E-state index in [1.165, 1.54) is 0 Å². The number of hydrogen-bond donors (Lipinski definition) is 2. The van der Waals surface area contributed by atoms with Crippen molar-refractivity contribution in [1.82, 2.24) is 10.3 Å². The minimum absolute atomic E-state index is 0.0244. The molecule has 1 aromatic carbocycles.